The highest BCUT2D eigenvalue weighted by molar-refractivity contribution is 9.10. The van der Waals surface area contributed by atoms with Gasteiger partial charge in [0.15, 0.2) is 6.29 Å². The van der Waals surface area contributed by atoms with Crippen LogP contribution in [0.2, 0.25) is 0 Å². The first-order chi connectivity index (χ1) is 6.27. The lowest BCUT2D eigenvalue weighted by Gasteiger charge is -2.03. The van der Waals surface area contributed by atoms with Gasteiger partial charge in [0.2, 0.25) is 0 Å². The van der Waals surface area contributed by atoms with Gasteiger partial charge in [-0.3, -0.25) is 4.79 Å². The van der Waals surface area contributed by atoms with Gasteiger partial charge in [0.1, 0.15) is 12.4 Å². The Kier molecular flexibility index (Phi) is 3.71. The van der Waals surface area contributed by atoms with Crippen molar-refractivity contribution in [3.05, 3.63) is 40.9 Å². The van der Waals surface area contributed by atoms with Crippen LogP contribution in [0.25, 0.3) is 0 Å². The second-order valence-electron chi connectivity index (χ2n) is 2.40. The van der Waals surface area contributed by atoms with Crippen molar-refractivity contribution >= 4 is 22.2 Å². The fourth-order valence-electron chi connectivity index (χ4n) is 0.848. The molecule has 0 unspecified atom stereocenters. The number of halogens is 1. The summed E-state index contributed by atoms with van der Waals surface area (Å²) in [4.78, 5) is 10.5. The van der Waals surface area contributed by atoms with Gasteiger partial charge in [0.05, 0.1) is 0 Å². The minimum Gasteiger partial charge on any atom is -0.490 e. The molecule has 0 bridgehead atoms. The summed E-state index contributed by atoms with van der Waals surface area (Å²) in [5.41, 5.74) is 0.617. The number of ether oxygens (including phenoxy) is 1. The molecule has 0 radical (unpaired) electrons. The van der Waals surface area contributed by atoms with Crippen LogP contribution in [0.3, 0.4) is 0 Å². The maximum absolute atomic E-state index is 10.5. The van der Waals surface area contributed by atoms with Gasteiger partial charge < -0.3 is 4.74 Å². The molecule has 0 fully saturated rings. The van der Waals surface area contributed by atoms with Gasteiger partial charge in [0, 0.05) is 10.0 Å². The van der Waals surface area contributed by atoms with Crippen LogP contribution in [0.4, 0.5) is 0 Å². The van der Waals surface area contributed by atoms with E-state index >= 15 is 0 Å². The molecule has 68 valence electrons. The predicted octanol–water partition coefficient (Wildman–Crippen LogP) is 2.83. The van der Waals surface area contributed by atoms with Crippen LogP contribution in [0, 0.1) is 0 Å². The number of hydrogen-bond acceptors (Lipinski definition) is 2. The van der Waals surface area contributed by atoms with Crippen molar-refractivity contribution in [3.63, 3.8) is 0 Å². The van der Waals surface area contributed by atoms with Gasteiger partial charge in [-0.25, -0.2) is 0 Å². The highest BCUT2D eigenvalue weighted by atomic mass is 79.9. The van der Waals surface area contributed by atoms with Gasteiger partial charge in [-0.1, -0.05) is 12.7 Å². The summed E-state index contributed by atoms with van der Waals surface area (Å²) in [5.74, 6) is 0.720. The maximum Gasteiger partial charge on any atom is 0.151 e. The quantitative estimate of drug-likeness (QED) is 0.598. The molecule has 0 atom stereocenters. The molecule has 13 heavy (non-hydrogen) atoms. The minimum atomic E-state index is 0.465. The molecular formula is C10H9BrO2. The lowest BCUT2D eigenvalue weighted by Crippen LogP contribution is -1.93. The zero-order valence-corrected chi connectivity index (χ0v) is 8.58. The van der Waals surface area contributed by atoms with Crippen molar-refractivity contribution in [1.29, 1.82) is 0 Å². The molecule has 1 aromatic rings. The van der Waals surface area contributed by atoms with Gasteiger partial charge in [-0.05, 0) is 34.1 Å². The number of aldehydes is 1. The molecule has 0 aromatic heterocycles. The fraction of sp³-hybridized carbons (Fsp3) is 0.100. The average Bonchev–Trinajstić information content (AvgIpc) is 2.15. The van der Waals surface area contributed by atoms with Crippen LogP contribution in [0.1, 0.15) is 10.4 Å². The molecule has 1 aromatic carbocycles. The number of benzene rings is 1. The van der Waals surface area contributed by atoms with E-state index < -0.39 is 0 Å². The highest BCUT2D eigenvalue weighted by Gasteiger charge is 1.99. The van der Waals surface area contributed by atoms with Crippen molar-refractivity contribution in [2.45, 2.75) is 0 Å². The van der Waals surface area contributed by atoms with Crippen molar-refractivity contribution < 1.29 is 9.53 Å². The third kappa shape index (κ3) is 2.70. The van der Waals surface area contributed by atoms with E-state index in [-0.39, 0.29) is 0 Å². The monoisotopic (exact) mass is 240 g/mol. The first-order valence-electron chi connectivity index (χ1n) is 3.76. The topological polar surface area (TPSA) is 26.3 Å². The fourth-order valence-corrected chi connectivity index (χ4v) is 1.30. The van der Waals surface area contributed by atoms with E-state index in [1.807, 2.05) is 0 Å². The molecule has 0 aliphatic rings. The molecular weight excluding hydrogens is 232 g/mol. The third-order valence-corrected chi connectivity index (χ3v) is 2.15. The smallest absolute Gasteiger partial charge is 0.151 e. The van der Waals surface area contributed by atoms with E-state index in [1.54, 1.807) is 24.3 Å². The summed E-state index contributed by atoms with van der Waals surface area (Å²) in [6, 6.07) is 5.21. The molecule has 0 saturated heterocycles. The van der Waals surface area contributed by atoms with Crippen molar-refractivity contribution in [3.8, 4) is 5.75 Å². The van der Waals surface area contributed by atoms with Crippen molar-refractivity contribution in [2.24, 2.45) is 0 Å². The van der Waals surface area contributed by atoms with Gasteiger partial charge in [-0.2, -0.15) is 0 Å². The minimum absolute atomic E-state index is 0.465. The Balaban J connectivity index is 2.82. The number of rotatable bonds is 4. The Labute approximate surface area is 85.3 Å². The highest BCUT2D eigenvalue weighted by Crippen LogP contribution is 2.21. The van der Waals surface area contributed by atoms with E-state index in [9.17, 15) is 4.79 Å². The SMILES string of the molecule is C=CCOc1ccc(C=O)c(Br)c1. The summed E-state index contributed by atoms with van der Waals surface area (Å²) in [7, 11) is 0. The summed E-state index contributed by atoms with van der Waals surface area (Å²) in [6.07, 6.45) is 2.46. The van der Waals surface area contributed by atoms with Crippen LogP contribution in [-0.4, -0.2) is 12.9 Å². The van der Waals surface area contributed by atoms with Gasteiger partial charge in [0.25, 0.3) is 0 Å². The predicted molar refractivity (Wildman–Crippen MR) is 55.2 cm³/mol. The van der Waals surface area contributed by atoms with Crippen LogP contribution < -0.4 is 4.74 Å². The third-order valence-electron chi connectivity index (χ3n) is 1.47. The van der Waals surface area contributed by atoms with Crippen molar-refractivity contribution in [1.82, 2.24) is 0 Å². The Morgan fingerprint density at radius 3 is 2.85 bits per heavy atom. The molecule has 0 aliphatic carbocycles. The lowest BCUT2D eigenvalue weighted by molar-refractivity contribution is 0.112. The van der Waals surface area contributed by atoms with Gasteiger partial charge >= 0.3 is 0 Å². The Hall–Kier alpha value is -1.09. The summed E-state index contributed by atoms with van der Waals surface area (Å²) >= 11 is 3.26. The molecule has 0 amide bonds. The van der Waals surface area contributed by atoms with E-state index in [0.29, 0.717) is 12.2 Å². The van der Waals surface area contributed by atoms with Crippen LogP contribution in [0.15, 0.2) is 35.3 Å². The first kappa shape index (κ1) is 9.99. The second-order valence-corrected chi connectivity index (χ2v) is 3.26. The van der Waals surface area contributed by atoms with Crippen LogP contribution >= 0.6 is 15.9 Å². The largest absolute Gasteiger partial charge is 0.490 e. The molecule has 1 rings (SSSR count). The van der Waals surface area contributed by atoms with Crippen molar-refractivity contribution in [2.75, 3.05) is 6.61 Å². The first-order valence-corrected chi connectivity index (χ1v) is 4.55. The van der Waals surface area contributed by atoms with Crippen LogP contribution in [0.5, 0.6) is 5.75 Å². The zero-order valence-electron chi connectivity index (χ0n) is 7.00. The van der Waals surface area contributed by atoms with E-state index in [2.05, 4.69) is 22.5 Å². The lowest BCUT2D eigenvalue weighted by atomic mass is 10.2. The number of hydrogen-bond donors (Lipinski definition) is 0. The molecule has 0 spiro atoms. The zero-order chi connectivity index (χ0) is 9.68. The molecule has 2 nitrogen and oxygen atoms in total. The molecule has 0 N–H and O–H groups in total. The molecule has 3 heteroatoms. The summed E-state index contributed by atoms with van der Waals surface area (Å²) in [5, 5.41) is 0. The normalized spacial score (nSPS) is 9.31. The second kappa shape index (κ2) is 4.82. The molecule has 0 heterocycles. The standard InChI is InChI=1S/C10H9BrO2/c1-2-5-13-9-4-3-8(7-12)10(11)6-9/h2-4,6-7H,1,5H2. The van der Waals surface area contributed by atoms with E-state index in [1.165, 1.54) is 0 Å². The Morgan fingerprint density at radius 2 is 2.31 bits per heavy atom. The Bertz CT molecular complexity index is 321. The van der Waals surface area contributed by atoms with Gasteiger partial charge in [-0.15, -0.1) is 0 Å². The van der Waals surface area contributed by atoms with E-state index in [0.717, 1.165) is 16.5 Å². The summed E-state index contributed by atoms with van der Waals surface area (Å²) in [6.45, 7) is 4.00. The average molecular weight is 241 g/mol. The molecule has 0 saturated carbocycles. The summed E-state index contributed by atoms with van der Waals surface area (Å²) < 4.78 is 6.01. The number of carbonyl (C=O) groups excluding carboxylic acids is 1. The van der Waals surface area contributed by atoms with E-state index in [4.69, 9.17) is 4.74 Å². The molecule has 0 aliphatic heterocycles. The number of carbonyl (C=O) groups is 1. The van der Waals surface area contributed by atoms with Crippen LogP contribution in [-0.2, 0) is 0 Å². The Morgan fingerprint density at radius 1 is 1.54 bits per heavy atom. The maximum atomic E-state index is 10.5.